The largest absolute Gasteiger partial charge is 0.295 e. The van der Waals surface area contributed by atoms with Crippen LogP contribution in [0.5, 0.6) is 0 Å². The van der Waals surface area contributed by atoms with Gasteiger partial charge in [-0.05, 0) is 26.2 Å². The standard InChI is InChI=1S/C8H16N2/c1-7(2)10-6-8(3)4-5-9-10/h5,7-8H,4,6H2,1-3H3. The normalized spacial score (nSPS) is 26.0. The fourth-order valence-corrected chi connectivity index (χ4v) is 1.12. The molecule has 1 rings (SSSR count). The zero-order valence-corrected chi connectivity index (χ0v) is 7.04. The molecule has 0 spiro atoms. The quantitative estimate of drug-likeness (QED) is 0.541. The summed E-state index contributed by atoms with van der Waals surface area (Å²) in [6.45, 7) is 7.74. The Morgan fingerprint density at radius 3 is 2.70 bits per heavy atom. The van der Waals surface area contributed by atoms with Crippen molar-refractivity contribution in [3.05, 3.63) is 0 Å². The molecule has 1 aliphatic rings. The average Bonchev–Trinajstić information content (AvgIpc) is 1.88. The highest BCUT2D eigenvalue weighted by atomic mass is 15.5. The third kappa shape index (κ3) is 1.72. The fraction of sp³-hybridized carbons (Fsp3) is 0.875. The summed E-state index contributed by atoms with van der Waals surface area (Å²) < 4.78 is 0. The molecule has 2 nitrogen and oxygen atoms in total. The van der Waals surface area contributed by atoms with Gasteiger partial charge in [-0.1, -0.05) is 6.92 Å². The van der Waals surface area contributed by atoms with E-state index >= 15 is 0 Å². The molecule has 0 aliphatic carbocycles. The van der Waals surface area contributed by atoms with Crippen molar-refractivity contribution in [3.63, 3.8) is 0 Å². The van der Waals surface area contributed by atoms with E-state index in [0.717, 1.165) is 18.9 Å². The Bertz CT molecular complexity index is 129. The summed E-state index contributed by atoms with van der Waals surface area (Å²) in [7, 11) is 0. The van der Waals surface area contributed by atoms with E-state index in [-0.39, 0.29) is 0 Å². The van der Waals surface area contributed by atoms with E-state index in [4.69, 9.17) is 0 Å². The van der Waals surface area contributed by atoms with Crippen molar-refractivity contribution in [3.8, 4) is 0 Å². The number of hydrazone groups is 1. The zero-order chi connectivity index (χ0) is 7.56. The molecule has 0 aromatic rings. The van der Waals surface area contributed by atoms with Crippen molar-refractivity contribution in [2.24, 2.45) is 11.0 Å². The molecule has 0 amide bonds. The van der Waals surface area contributed by atoms with Gasteiger partial charge in [0.1, 0.15) is 0 Å². The van der Waals surface area contributed by atoms with Crippen molar-refractivity contribution in [2.75, 3.05) is 6.54 Å². The molecule has 0 saturated carbocycles. The lowest BCUT2D eigenvalue weighted by molar-refractivity contribution is 0.192. The highest BCUT2D eigenvalue weighted by Crippen LogP contribution is 2.11. The van der Waals surface area contributed by atoms with E-state index < -0.39 is 0 Å². The molecule has 1 atom stereocenters. The Hall–Kier alpha value is -0.530. The number of hydrogen-bond donors (Lipinski definition) is 0. The van der Waals surface area contributed by atoms with Gasteiger partial charge in [-0.3, -0.25) is 5.01 Å². The lowest BCUT2D eigenvalue weighted by atomic mass is 10.1. The molecule has 0 saturated heterocycles. The van der Waals surface area contributed by atoms with Crippen LogP contribution in [0.2, 0.25) is 0 Å². The van der Waals surface area contributed by atoms with E-state index in [1.54, 1.807) is 0 Å². The van der Waals surface area contributed by atoms with Crippen LogP contribution in [0.25, 0.3) is 0 Å². The van der Waals surface area contributed by atoms with E-state index in [9.17, 15) is 0 Å². The van der Waals surface area contributed by atoms with Crippen molar-refractivity contribution < 1.29 is 0 Å². The first-order valence-electron chi connectivity index (χ1n) is 3.99. The SMILES string of the molecule is CC1CC=NN(C(C)C)C1. The second-order valence-corrected chi connectivity index (χ2v) is 3.35. The maximum absolute atomic E-state index is 4.29. The van der Waals surface area contributed by atoms with Crippen LogP contribution >= 0.6 is 0 Å². The summed E-state index contributed by atoms with van der Waals surface area (Å²) in [6.07, 6.45) is 3.16. The van der Waals surface area contributed by atoms with Crippen LogP contribution in [0.3, 0.4) is 0 Å². The Morgan fingerprint density at radius 1 is 1.60 bits per heavy atom. The van der Waals surface area contributed by atoms with Gasteiger partial charge in [-0.15, -0.1) is 0 Å². The van der Waals surface area contributed by atoms with E-state index in [0.29, 0.717) is 6.04 Å². The summed E-state index contributed by atoms with van der Waals surface area (Å²) in [4.78, 5) is 0. The summed E-state index contributed by atoms with van der Waals surface area (Å²) in [6, 6.07) is 0.555. The Balaban J connectivity index is 2.47. The minimum atomic E-state index is 0.555. The molecule has 0 N–H and O–H groups in total. The first-order chi connectivity index (χ1) is 4.70. The summed E-state index contributed by atoms with van der Waals surface area (Å²) in [5.41, 5.74) is 0. The molecule has 1 unspecified atom stereocenters. The highest BCUT2D eigenvalue weighted by Gasteiger charge is 2.13. The summed E-state index contributed by atoms with van der Waals surface area (Å²) in [5, 5.41) is 6.43. The van der Waals surface area contributed by atoms with Crippen LogP contribution in [0.4, 0.5) is 0 Å². The average molecular weight is 140 g/mol. The van der Waals surface area contributed by atoms with Crippen molar-refractivity contribution >= 4 is 6.21 Å². The Labute approximate surface area is 62.9 Å². The van der Waals surface area contributed by atoms with Gasteiger partial charge in [0, 0.05) is 18.8 Å². The topological polar surface area (TPSA) is 15.6 Å². The molecule has 0 fully saturated rings. The minimum Gasteiger partial charge on any atom is -0.295 e. The molecule has 58 valence electrons. The molecule has 1 heterocycles. The summed E-state index contributed by atoms with van der Waals surface area (Å²) in [5.74, 6) is 0.778. The van der Waals surface area contributed by atoms with Crippen LogP contribution < -0.4 is 0 Å². The molecule has 0 aromatic heterocycles. The number of hydrogen-bond acceptors (Lipinski definition) is 2. The van der Waals surface area contributed by atoms with Crippen LogP contribution in [0.1, 0.15) is 27.2 Å². The lowest BCUT2D eigenvalue weighted by Gasteiger charge is -2.29. The van der Waals surface area contributed by atoms with E-state index in [2.05, 4.69) is 30.9 Å². The van der Waals surface area contributed by atoms with Gasteiger partial charge in [-0.2, -0.15) is 5.10 Å². The summed E-state index contributed by atoms with van der Waals surface area (Å²) >= 11 is 0. The first-order valence-corrected chi connectivity index (χ1v) is 3.99. The zero-order valence-electron chi connectivity index (χ0n) is 7.04. The van der Waals surface area contributed by atoms with Gasteiger partial charge in [0.05, 0.1) is 0 Å². The second kappa shape index (κ2) is 3.04. The molecule has 0 aromatic carbocycles. The Kier molecular flexibility index (Phi) is 2.30. The molecule has 1 aliphatic heterocycles. The maximum Gasteiger partial charge on any atom is 0.0414 e. The first kappa shape index (κ1) is 7.58. The van der Waals surface area contributed by atoms with Crippen LogP contribution in [-0.2, 0) is 0 Å². The molecule has 2 heteroatoms. The predicted molar refractivity (Wildman–Crippen MR) is 44.1 cm³/mol. The lowest BCUT2D eigenvalue weighted by Crippen LogP contribution is -2.33. The smallest absolute Gasteiger partial charge is 0.0414 e. The number of rotatable bonds is 1. The van der Waals surface area contributed by atoms with Crippen LogP contribution in [0, 0.1) is 5.92 Å². The molecule has 10 heavy (non-hydrogen) atoms. The van der Waals surface area contributed by atoms with Crippen LogP contribution in [-0.4, -0.2) is 23.8 Å². The third-order valence-corrected chi connectivity index (χ3v) is 1.83. The van der Waals surface area contributed by atoms with Gasteiger partial charge in [0.25, 0.3) is 0 Å². The van der Waals surface area contributed by atoms with Gasteiger partial charge >= 0.3 is 0 Å². The highest BCUT2D eigenvalue weighted by molar-refractivity contribution is 5.57. The van der Waals surface area contributed by atoms with Gasteiger partial charge in [-0.25, -0.2) is 0 Å². The van der Waals surface area contributed by atoms with Gasteiger partial charge in [0.2, 0.25) is 0 Å². The minimum absolute atomic E-state index is 0.555. The van der Waals surface area contributed by atoms with Crippen molar-refractivity contribution in [1.29, 1.82) is 0 Å². The maximum atomic E-state index is 4.29. The van der Waals surface area contributed by atoms with Crippen molar-refractivity contribution in [1.82, 2.24) is 5.01 Å². The van der Waals surface area contributed by atoms with Gasteiger partial charge in [0.15, 0.2) is 0 Å². The molecular weight excluding hydrogens is 124 g/mol. The predicted octanol–water partition coefficient (Wildman–Crippen LogP) is 1.72. The molecule has 0 bridgehead atoms. The molecule has 0 radical (unpaired) electrons. The Morgan fingerprint density at radius 2 is 2.30 bits per heavy atom. The third-order valence-electron chi connectivity index (χ3n) is 1.83. The number of nitrogens with zero attached hydrogens (tertiary/aromatic N) is 2. The van der Waals surface area contributed by atoms with E-state index in [1.807, 2.05) is 6.21 Å². The fourth-order valence-electron chi connectivity index (χ4n) is 1.12. The van der Waals surface area contributed by atoms with E-state index in [1.165, 1.54) is 0 Å². The monoisotopic (exact) mass is 140 g/mol. The molecular formula is C8H16N2. The van der Waals surface area contributed by atoms with Gasteiger partial charge < -0.3 is 0 Å². The van der Waals surface area contributed by atoms with Crippen molar-refractivity contribution in [2.45, 2.75) is 33.2 Å². The van der Waals surface area contributed by atoms with Crippen LogP contribution in [0.15, 0.2) is 5.10 Å². The second-order valence-electron chi connectivity index (χ2n) is 3.35.